The summed E-state index contributed by atoms with van der Waals surface area (Å²) in [6.45, 7) is 1.67. The van der Waals surface area contributed by atoms with Crippen LogP contribution in [0.5, 0.6) is 0 Å². The van der Waals surface area contributed by atoms with Crippen molar-refractivity contribution in [2.24, 2.45) is 0 Å². The van der Waals surface area contributed by atoms with Gasteiger partial charge < -0.3 is 14.8 Å². The first kappa shape index (κ1) is 13.3. The van der Waals surface area contributed by atoms with E-state index in [-0.39, 0.29) is 11.7 Å². The van der Waals surface area contributed by atoms with Gasteiger partial charge in [-0.15, -0.1) is 0 Å². The highest BCUT2D eigenvalue weighted by atomic mass is 19.1. The molecular formula is C14H14FNO3. The van der Waals surface area contributed by atoms with Gasteiger partial charge in [-0.3, -0.25) is 4.79 Å². The van der Waals surface area contributed by atoms with Gasteiger partial charge in [0.15, 0.2) is 0 Å². The Morgan fingerprint density at radius 3 is 2.58 bits per heavy atom. The Balaban J connectivity index is 2.01. The lowest BCUT2D eigenvalue weighted by Gasteiger charge is -2.20. The third kappa shape index (κ3) is 3.20. The van der Waals surface area contributed by atoms with Gasteiger partial charge in [0.25, 0.3) is 5.91 Å². The summed E-state index contributed by atoms with van der Waals surface area (Å²) in [5.74, 6) is -0.701. The maximum absolute atomic E-state index is 12.8. The molecule has 2 unspecified atom stereocenters. The van der Waals surface area contributed by atoms with Crippen LogP contribution in [0.4, 0.5) is 4.39 Å². The Labute approximate surface area is 109 Å². The Hall–Kier alpha value is -2.14. The lowest BCUT2D eigenvalue weighted by Crippen LogP contribution is -2.36. The molecular weight excluding hydrogens is 249 g/mol. The van der Waals surface area contributed by atoms with E-state index in [4.69, 9.17) is 4.42 Å². The van der Waals surface area contributed by atoms with E-state index in [1.807, 2.05) is 0 Å². The number of benzene rings is 1. The van der Waals surface area contributed by atoms with Crippen LogP contribution >= 0.6 is 0 Å². The van der Waals surface area contributed by atoms with Crippen molar-refractivity contribution in [2.75, 3.05) is 0 Å². The molecule has 2 aromatic rings. The molecule has 0 aliphatic rings. The predicted molar refractivity (Wildman–Crippen MR) is 67.0 cm³/mol. The largest absolute Gasteiger partial charge is 0.472 e. The van der Waals surface area contributed by atoms with Crippen molar-refractivity contribution in [3.05, 3.63) is 59.8 Å². The average molecular weight is 263 g/mol. The Morgan fingerprint density at radius 2 is 2.00 bits per heavy atom. The number of hydrogen-bond acceptors (Lipinski definition) is 3. The summed E-state index contributed by atoms with van der Waals surface area (Å²) >= 11 is 0. The van der Waals surface area contributed by atoms with Gasteiger partial charge in [-0.1, -0.05) is 12.1 Å². The van der Waals surface area contributed by atoms with E-state index in [9.17, 15) is 14.3 Å². The second-order valence-corrected chi connectivity index (χ2v) is 4.27. The molecule has 0 spiro atoms. The molecule has 1 aromatic carbocycles. The zero-order valence-electron chi connectivity index (χ0n) is 10.3. The molecule has 0 aliphatic heterocycles. The topological polar surface area (TPSA) is 62.5 Å². The number of nitrogens with one attached hydrogen (secondary N) is 1. The van der Waals surface area contributed by atoms with E-state index in [2.05, 4.69) is 5.32 Å². The van der Waals surface area contributed by atoms with Crippen LogP contribution in [0, 0.1) is 5.82 Å². The smallest absolute Gasteiger partial charge is 0.254 e. The normalized spacial score (nSPS) is 13.8. The summed E-state index contributed by atoms with van der Waals surface area (Å²) in [5, 5.41) is 12.7. The van der Waals surface area contributed by atoms with Gasteiger partial charge >= 0.3 is 0 Å². The number of halogens is 1. The molecule has 2 atom stereocenters. The van der Waals surface area contributed by atoms with Crippen molar-refractivity contribution in [1.82, 2.24) is 5.32 Å². The van der Waals surface area contributed by atoms with E-state index in [1.54, 1.807) is 6.92 Å². The molecule has 0 radical (unpaired) electrons. The lowest BCUT2D eigenvalue weighted by molar-refractivity contribution is 0.0851. The second kappa shape index (κ2) is 5.67. The highest BCUT2D eigenvalue weighted by molar-refractivity contribution is 5.93. The zero-order valence-corrected chi connectivity index (χ0v) is 10.3. The number of aliphatic hydroxyl groups is 1. The number of amides is 1. The average Bonchev–Trinajstić information content (AvgIpc) is 2.92. The molecule has 1 heterocycles. The minimum atomic E-state index is -0.906. The number of furan rings is 1. The third-order valence-electron chi connectivity index (χ3n) is 2.83. The van der Waals surface area contributed by atoms with Crippen LogP contribution in [0.3, 0.4) is 0 Å². The van der Waals surface area contributed by atoms with Crippen LogP contribution in [0.1, 0.15) is 28.9 Å². The van der Waals surface area contributed by atoms with Gasteiger partial charge in [0, 0.05) is 0 Å². The van der Waals surface area contributed by atoms with Crippen molar-refractivity contribution >= 4 is 5.91 Å². The van der Waals surface area contributed by atoms with Gasteiger partial charge in [0.2, 0.25) is 0 Å². The van der Waals surface area contributed by atoms with Crippen molar-refractivity contribution in [1.29, 1.82) is 0 Å². The first-order chi connectivity index (χ1) is 9.08. The van der Waals surface area contributed by atoms with E-state index >= 15 is 0 Å². The quantitative estimate of drug-likeness (QED) is 0.889. The summed E-state index contributed by atoms with van der Waals surface area (Å²) < 4.78 is 17.6. The van der Waals surface area contributed by atoms with Gasteiger partial charge in [-0.05, 0) is 30.7 Å². The van der Waals surface area contributed by atoms with Crippen LogP contribution in [-0.2, 0) is 0 Å². The van der Waals surface area contributed by atoms with Crippen LogP contribution in [0.2, 0.25) is 0 Å². The maximum Gasteiger partial charge on any atom is 0.254 e. The minimum Gasteiger partial charge on any atom is -0.472 e. The molecule has 0 fully saturated rings. The van der Waals surface area contributed by atoms with E-state index in [1.165, 1.54) is 42.9 Å². The summed E-state index contributed by atoms with van der Waals surface area (Å²) in [4.78, 5) is 11.8. The number of carbonyl (C=O) groups excluding carboxylic acids is 1. The fourth-order valence-electron chi connectivity index (χ4n) is 1.71. The third-order valence-corrected chi connectivity index (χ3v) is 2.83. The fraction of sp³-hybridized carbons (Fsp3) is 0.214. The molecule has 1 amide bonds. The predicted octanol–water partition coefficient (Wildman–Crippen LogP) is 2.27. The summed E-state index contributed by atoms with van der Waals surface area (Å²) in [5.41, 5.74) is 0.930. The monoisotopic (exact) mass is 263 g/mol. The lowest BCUT2D eigenvalue weighted by atomic mass is 10.0. The molecule has 0 saturated heterocycles. The van der Waals surface area contributed by atoms with E-state index in [0.29, 0.717) is 11.1 Å². The molecule has 5 heteroatoms. The summed E-state index contributed by atoms with van der Waals surface area (Å²) in [6, 6.07) is 6.53. The van der Waals surface area contributed by atoms with Crippen molar-refractivity contribution in [3.63, 3.8) is 0 Å². The molecule has 0 saturated carbocycles. The Bertz CT molecular complexity index is 536. The van der Waals surface area contributed by atoms with Crippen molar-refractivity contribution in [3.8, 4) is 0 Å². The molecule has 1 aromatic heterocycles. The van der Waals surface area contributed by atoms with E-state index in [0.717, 1.165) is 0 Å². The molecule has 19 heavy (non-hydrogen) atoms. The summed E-state index contributed by atoms with van der Waals surface area (Å²) in [6.07, 6.45) is 1.82. The zero-order chi connectivity index (χ0) is 13.8. The first-order valence-corrected chi connectivity index (χ1v) is 5.84. The first-order valence-electron chi connectivity index (χ1n) is 5.84. The number of aliphatic hydroxyl groups excluding tert-OH is 1. The molecule has 2 rings (SSSR count). The van der Waals surface area contributed by atoms with Crippen LogP contribution in [0.15, 0.2) is 47.3 Å². The minimum absolute atomic E-state index is 0.331. The molecule has 2 N–H and O–H groups in total. The van der Waals surface area contributed by atoms with Crippen LogP contribution < -0.4 is 5.32 Å². The number of hydrogen-bond donors (Lipinski definition) is 2. The fourth-order valence-corrected chi connectivity index (χ4v) is 1.71. The Morgan fingerprint density at radius 1 is 1.32 bits per heavy atom. The van der Waals surface area contributed by atoms with Crippen LogP contribution in [0.25, 0.3) is 0 Å². The standard InChI is InChI=1S/C14H14FNO3/c1-9(16-14(18)11-6-7-19-8-11)13(17)10-2-4-12(15)5-3-10/h2-9,13,17H,1H3,(H,16,18). The molecule has 100 valence electrons. The number of rotatable bonds is 4. The molecule has 0 aliphatic carbocycles. The van der Waals surface area contributed by atoms with Gasteiger partial charge in [-0.2, -0.15) is 0 Å². The van der Waals surface area contributed by atoms with Gasteiger partial charge in [-0.25, -0.2) is 4.39 Å². The number of carbonyl (C=O) groups is 1. The highest BCUT2D eigenvalue weighted by Crippen LogP contribution is 2.17. The van der Waals surface area contributed by atoms with Crippen molar-refractivity contribution < 1.29 is 18.7 Å². The van der Waals surface area contributed by atoms with Gasteiger partial charge in [0.1, 0.15) is 12.1 Å². The van der Waals surface area contributed by atoms with Gasteiger partial charge in [0.05, 0.1) is 24.0 Å². The van der Waals surface area contributed by atoms with Crippen molar-refractivity contribution in [2.45, 2.75) is 19.1 Å². The summed E-state index contributed by atoms with van der Waals surface area (Å²) in [7, 11) is 0. The Kier molecular flexibility index (Phi) is 3.97. The van der Waals surface area contributed by atoms with Crippen LogP contribution in [-0.4, -0.2) is 17.1 Å². The van der Waals surface area contributed by atoms with E-state index < -0.39 is 12.1 Å². The SMILES string of the molecule is CC(NC(=O)c1ccoc1)C(O)c1ccc(F)cc1. The maximum atomic E-state index is 12.8. The molecule has 4 nitrogen and oxygen atoms in total. The second-order valence-electron chi connectivity index (χ2n) is 4.27. The highest BCUT2D eigenvalue weighted by Gasteiger charge is 2.19. The molecule has 0 bridgehead atoms.